The molecule has 0 fully saturated rings. The summed E-state index contributed by atoms with van der Waals surface area (Å²) >= 11 is 4.15. The topological polar surface area (TPSA) is 12.0 Å². The van der Waals surface area contributed by atoms with Crippen LogP contribution in [0.15, 0.2) is 24.3 Å². The van der Waals surface area contributed by atoms with Crippen LogP contribution in [0.2, 0.25) is 0 Å². The van der Waals surface area contributed by atoms with E-state index in [2.05, 4.69) is 30.1 Å². The van der Waals surface area contributed by atoms with Gasteiger partial charge in [-0.1, -0.05) is 12.1 Å². The van der Waals surface area contributed by atoms with Crippen LogP contribution in [0, 0.1) is 0 Å². The summed E-state index contributed by atoms with van der Waals surface area (Å²) in [5.41, 5.74) is 2.40. The molecule has 0 heterocycles. The lowest BCUT2D eigenvalue weighted by Gasteiger charge is -1.99. The summed E-state index contributed by atoms with van der Waals surface area (Å²) in [4.78, 5) is 0. The molecule has 10 heavy (non-hydrogen) atoms. The van der Waals surface area contributed by atoms with Gasteiger partial charge in [0.15, 0.2) is 0 Å². The number of rotatable bonds is 2. The van der Waals surface area contributed by atoms with Crippen molar-refractivity contribution in [2.75, 3.05) is 12.4 Å². The van der Waals surface area contributed by atoms with Gasteiger partial charge < -0.3 is 5.32 Å². The molecule has 0 aliphatic heterocycles. The number of benzene rings is 1. The van der Waals surface area contributed by atoms with Gasteiger partial charge in [0.25, 0.3) is 0 Å². The first-order chi connectivity index (χ1) is 4.86. The van der Waals surface area contributed by atoms with Crippen molar-refractivity contribution in [3.8, 4) is 0 Å². The van der Waals surface area contributed by atoms with E-state index in [1.54, 1.807) is 0 Å². The summed E-state index contributed by atoms with van der Waals surface area (Å²) in [6.07, 6.45) is 0. The van der Waals surface area contributed by atoms with E-state index in [-0.39, 0.29) is 0 Å². The highest BCUT2D eigenvalue weighted by atomic mass is 32.1. The average molecular weight is 153 g/mol. The summed E-state index contributed by atoms with van der Waals surface area (Å²) < 4.78 is 0. The van der Waals surface area contributed by atoms with Crippen LogP contribution in [0.4, 0.5) is 5.69 Å². The Morgan fingerprint density at radius 2 is 1.90 bits per heavy atom. The third kappa shape index (κ3) is 1.67. The molecule has 0 saturated carbocycles. The molecular weight excluding hydrogens is 142 g/mol. The maximum atomic E-state index is 4.15. The second kappa shape index (κ2) is 3.52. The molecule has 1 aromatic carbocycles. The van der Waals surface area contributed by atoms with Gasteiger partial charge in [0.05, 0.1) is 0 Å². The van der Waals surface area contributed by atoms with Crippen LogP contribution >= 0.6 is 12.6 Å². The summed E-state index contributed by atoms with van der Waals surface area (Å²) in [5.74, 6) is 0.810. The van der Waals surface area contributed by atoms with Gasteiger partial charge in [-0.05, 0) is 17.7 Å². The Hall–Kier alpha value is -0.630. The van der Waals surface area contributed by atoms with Gasteiger partial charge in [-0.25, -0.2) is 0 Å². The fraction of sp³-hybridized carbons (Fsp3) is 0.250. The van der Waals surface area contributed by atoms with Crippen LogP contribution in [-0.4, -0.2) is 7.05 Å². The maximum absolute atomic E-state index is 4.15. The van der Waals surface area contributed by atoms with Crippen LogP contribution < -0.4 is 5.32 Å². The SMILES string of the molecule is CNc1ccc(CS)cc1. The van der Waals surface area contributed by atoms with Gasteiger partial charge in [-0.2, -0.15) is 12.6 Å². The predicted octanol–water partition coefficient (Wildman–Crippen LogP) is 2.16. The van der Waals surface area contributed by atoms with Gasteiger partial charge in [0, 0.05) is 18.5 Å². The summed E-state index contributed by atoms with van der Waals surface area (Å²) in [6.45, 7) is 0. The minimum Gasteiger partial charge on any atom is -0.388 e. The maximum Gasteiger partial charge on any atom is 0.0337 e. The lowest BCUT2D eigenvalue weighted by Crippen LogP contribution is -1.86. The van der Waals surface area contributed by atoms with Gasteiger partial charge >= 0.3 is 0 Å². The zero-order valence-electron chi connectivity index (χ0n) is 5.96. The number of nitrogens with one attached hydrogen (secondary N) is 1. The number of anilines is 1. The molecule has 0 aromatic heterocycles. The highest BCUT2D eigenvalue weighted by Gasteiger charge is 1.87. The summed E-state index contributed by atoms with van der Waals surface area (Å²) in [7, 11) is 1.91. The Morgan fingerprint density at radius 1 is 1.30 bits per heavy atom. The molecule has 0 saturated heterocycles. The van der Waals surface area contributed by atoms with E-state index in [0.29, 0.717) is 0 Å². The van der Waals surface area contributed by atoms with Crippen molar-refractivity contribution in [3.63, 3.8) is 0 Å². The molecule has 1 aromatic rings. The number of hydrogen-bond donors (Lipinski definition) is 2. The molecule has 54 valence electrons. The van der Waals surface area contributed by atoms with Crippen LogP contribution in [0.1, 0.15) is 5.56 Å². The molecule has 0 amide bonds. The van der Waals surface area contributed by atoms with E-state index >= 15 is 0 Å². The molecule has 0 bridgehead atoms. The molecule has 0 aliphatic rings. The minimum atomic E-state index is 0.810. The van der Waals surface area contributed by atoms with Crippen LogP contribution in [-0.2, 0) is 5.75 Å². The average Bonchev–Trinajstić information content (AvgIpc) is 2.05. The molecule has 1 N–H and O–H groups in total. The standard InChI is InChI=1S/C8H11NS/c1-9-8-4-2-7(6-10)3-5-8/h2-5,9-10H,6H2,1H3. The smallest absolute Gasteiger partial charge is 0.0337 e. The van der Waals surface area contributed by atoms with Crippen molar-refractivity contribution in [2.24, 2.45) is 0 Å². The van der Waals surface area contributed by atoms with E-state index in [4.69, 9.17) is 0 Å². The molecule has 0 radical (unpaired) electrons. The Bertz CT molecular complexity index is 170. The van der Waals surface area contributed by atoms with Crippen LogP contribution in [0.3, 0.4) is 0 Å². The molecule has 1 nitrogen and oxygen atoms in total. The monoisotopic (exact) mass is 153 g/mol. The van der Waals surface area contributed by atoms with Gasteiger partial charge in [0.1, 0.15) is 0 Å². The third-order valence-electron chi connectivity index (χ3n) is 1.43. The van der Waals surface area contributed by atoms with Crippen molar-refractivity contribution in [1.29, 1.82) is 0 Å². The molecule has 0 unspecified atom stereocenters. The van der Waals surface area contributed by atoms with Crippen molar-refractivity contribution in [3.05, 3.63) is 29.8 Å². The first kappa shape index (κ1) is 7.48. The third-order valence-corrected chi connectivity index (χ3v) is 1.79. The molecule has 1 rings (SSSR count). The zero-order chi connectivity index (χ0) is 7.40. The van der Waals surface area contributed by atoms with E-state index in [1.165, 1.54) is 5.56 Å². The fourth-order valence-electron chi connectivity index (χ4n) is 0.777. The minimum absolute atomic E-state index is 0.810. The Kier molecular flexibility index (Phi) is 2.63. The first-order valence-corrected chi connectivity index (χ1v) is 3.87. The van der Waals surface area contributed by atoms with E-state index in [0.717, 1.165) is 11.4 Å². The highest BCUT2D eigenvalue weighted by Crippen LogP contribution is 2.09. The number of hydrogen-bond acceptors (Lipinski definition) is 2. The first-order valence-electron chi connectivity index (χ1n) is 3.24. The van der Waals surface area contributed by atoms with Crippen molar-refractivity contribution < 1.29 is 0 Å². The normalized spacial score (nSPS) is 9.40. The van der Waals surface area contributed by atoms with Crippen LogP contribution in [0.25, 0.3) is 0 Å². The van der Waals surface area contributed by atoms with Crippen molar-refractivity contribution in [2.45, 2.75) is 5.75 Å². The molecule has 0 aliphatic carbocycles. The molecule has 0 spiro atoms. The summed E-state index contributed by atoms with van der Waals surface area (Å²) in [5, 5.41) is 3.05. The Labute approximate surface area is 66.9 Å². The molecule has 0 atom stereocenters. The predicted molar refractivity (Wildman–Crippen MR) is 48.7 cm³/mol. The molecule has 2 heteroatoms. The van der Waals surface area contributed by atoms with Crippen molar-refractivity contribution in [1.82, 2.24) is 0 Å². The lowest BCUT2D eigenvalue weighted by atomic mass is 10.2. The van der Waals surface area contributed by atoms with Crippen LogP contribution in [0.5, 0.6) is 0 Å². The Balaban J connectivity index is 2.80. The van der Waals surface area contributed by atoms with E-state index < -0.39 is 0 Å². The zero-order valence-corrected chi connectivity index (χ0v) is 6.86. The lowest BCUT2D eigenvalue weighted by molar-refractivity contribution is 1.41. The van der Waals surface area contributed by atoms with Gasteiger partial charge in [-0.3, -0.25) is 0 Å². The van der Waals surface area contributed by atoms with Crippen molar-refractivity contribution >= 4 is 18.3 Å². The van der Waals surface area contributed by atoms with E-state index in [9.17, 15) is 0 Å². The highest BCUT2D eigenvalue weighted by molar-refractivity contribution is 7.79. The van der Waals surface area contributed by atoms with Gasteiger partial charge in [-0.15, -0.1) is 0 Å². The second-order valence-corrected chi connectivity index (χ2v) is 2.42. The molecular formula is C8H11NS. The van der Waals surface area contributed by atoms with Gasteiger partial charge in [0.2, 0.25) is 0 Å². The van der Waals surface area contributed by atoms with E-state index in [1.807, 2.05) is 19.2 Å². The number of thiol groups is 1. The fourth-order valence-corrected chi connectivity index (χ4v) is 0.988. The second-order valence-electron chi connectivity index (χ2n) is 2.11. The summed E-state index contributed by atoms with van der Waals surface area (Å²) in [6, 6.07) is 8.23. The largest absolute Gasteiger partial charge is 0.388 e. The Morgan fingerprint density at radius 3 is 2.30 bits per heavy atom. The quantitative estimate of drug-likeness (QED) is 0.620.